The van der Waals surface area contributed by atoms with Crippen LogP contribution in [0.4, 0.5) is 0 Å². The lowest BCUT2D eigenvalue weighted by molar-refractivity contribution is 0.216. The van der Waals surface area contributed by atoms with Gasteiger partial charge in [-0.2, -0.15) is 0 Å². The SMILES string of the molecule is CCCCCCC1Cc2cc(OC)ccc2O1. The van der Waals surface area contributed by atoms with Gasteiger partial charge in [0.15, 0.2) is 0 Å². The molecule has 1 heterocycles. The third-order valence-electron chi connectivity index (χ3n) is 3.39. The van der Waals surface area contributed by atoms with Crippen LogP contribution in [0.5, 0.6) is 11.5 Å². The Labute approximate surface area is 104 Å². The van der Waals surface area contributed by atoms with Crippen LogP contribution in [0, 0.1) is 0 Å². The first-order valence-electron chi connectivity index (χ1n) is 6.67. The van der Waals surface area contributed by atoms with Crippen LogP contribution in [0.3, 0.4) is 0 Å². The summed E-state index contributed by atoms with van der Waals surface area (Å²) in [6, 6.07) is 6.10. The molecule has 0 aromatic heterocycles. The van der Waals surface area contributed by atoms with E-state index in [1.54, 1.807) is 7.11 Å². The Hall–Kier alpha value is -1.18. The van der Waals surface area contributed by atoms with E-state index in [-0.39, 0.29) is 0 Å². The molecule has 94 valence electrons. The zero-order valence-corrected chi connectivity index (χ0v) is 10.9. The summed E-state index contributed by atoms with van der Waals surface area (Å²) < 4.78 is 11.2. The van der Waals surface area contributed by atoms with Crippen LogP contribution in [0.15, 0.2) is 18.2 Å². The van der Waals surface area contributed by atoms with Crippen molar-refractivity contribution in [2.75, 3.05) is 7.11 Å². The van der Waals surface area contributed by atoms with Crippen LogP contribution in [-0.2, 0) is 6.42 Å². The summed E-state index contributed by atoms with van der Waals surface area (Å²) >= 11 is 0. The van der Waals surface area contributed by atoms with E-state index in [4.69, 9.17) is 9.47 Å². The summed E-state index contributed by atoms with van der Waals surface area (Å²) in [4.78, 5) is 0. The van der Waals surface area contributed by atoms with Crippen molar-refractivity contribution in [1.29, 1.82) is 0 Å². The van der Waals surface area contributed by atoms with Crippen molar-refractivity contribution in [2.45, 2.75) is 51.6 Å². The standard InChI is InChI=1S/C15H22O2/c1-3-4-5-6-7-14-11-12-10-13(16-2)8-9-15(12)17-14/h8-10,14H,3-7,11H2,1-2H3. The molecule has 0 N–H and O–H groups in total. The fourth-order valence-electron chi connectivity index (χ4n) is 2.38. The summed E-state index contributed by atoms with van der Waals surface area (Å²) in [7, 11) is 1.71. The molecule has 1 aromatic carbocycles. The van der Waals surface area contributed by atoms with Gasteiger partial charge in [0.1, 0.15) is 17.6 Å². The van der Waals surface area contributed by atoms with Crippen LogP contribution in [0.2, 0.25) is 0 Å². The van der Waals surface area contributed by atoms with Crippen LogP contribution in [0.1, 0.15) is 44.6 Å². The van der Waals surface area contributed by atoms with E-state index in [2.05, 4.69) is 13.0 Å². The Bertz CT molecular complexity index is 360. The highest BCUT2D eigenvalue weighted by Crippen LogP contribution is 2.33. The molecule has 1 aliphatic heterocycles. The van der Waals surface area contributed by atoms with E-state index in [1.165, 1.54) is 37.7 Å². The Morgan fingerprint density at radius 2 is 2.18 bits per heavy atom. The van der Waals surface area contributed by atoms with Crippen LogP contribution in [-0.4, -0.2) is 13.2 Å². The highest BCUT2D eigenvalue weighted by atomic mass is 16.5. The molecule has 0 radical (unpaired) electrons. The maximum Gasteiger partial charge on any atom is 0.123 e. The molecule has 0 aliphatic carbocycles. The molecular weight excluding hydrogens is 212 g/mol. The summed E-state index contributed by atoms with van der Waals surface area (Å²) in [5.41, 5.74) is 1.30. The van der Waals surface area contributed by atoms with Crippen LogP contribution in [0.25, 0.3) is 0 Å². The van der Waals surface area contributed by atoms with Gasteiger partial charge in [0.05, 0.1) is 7.11 Å². The van der Waals surface area contributed by atoms with Gasteiger partial charge in [-0.1, -0.05) is 26.2 Å². The van der Waals surface area contributed by atoms with E-state index < -0.39 is 0 Å². The molecule has 1 aliphatic rings. The molecule has 0 saturated heterocycles. The second-order valence-corrected chi connectivity index (χ2v) is 4.77. The molecule has 0 saturated carbocycles. The Morgan fingerprint density at radius 1 is 1.29 bits per heavy atom. The minimum Gasteiger partial charge on any atom is -0.497 e. The second kappa shape index (κ2) is 5.95. The summed E-state index contributed by atoms with van der Waals surface area (Å²) in [5.74, 6) is 1.98. The smallest absolute Gasteiger partial charge is 0.123 e. The van der Waals surface area contributed by atoms with Crippen molar-refractivity contribution in [3.05, 3.63) is 23.8 Å². The number of hydrogen-bond acceptors (Lipinski definition) is 2. The minimum absolute atomic E-state index is 0.383. The fourth-order valence-corrected chi connectivity index (χ4v) is 2.38. The maximum atomic E-state index is 5.93. The zero-order chi connectivity index (χ0) is 12.1. The molecule has 2 heteroatoms. The largest absolute Gasteiger partial charge is 0.497 e. The van der Waals surface area contributed by atoms with Gasteiger partial charge in [0, 0.05) is 12.0 Å². The molecule has 1 atom stereocenters. The highest BCUT2D eigenvalue weighted by molar-refractivity contribution is 5.43. The van der Waals surface area contributed by atoms with Gasteiger partial charge in [0.25, 0.3) is 0 Å². The van der Waals surface area contributed by atoms with Gasteiger partial charge < -0.3 is 9.47 Å². The number of fused-ring (bicyclic) bond motifs is 1. The maximum absolute atomic E-state index is 5.93. The first-order chi connectivity index (χ1) is 8.33. The summed E-state index contributed by atoms with van der Waals surface area (Å²) in [6.45, 7) is 2.24. The van der Waals surface area contributed by atoms with E-state index >= 15 is 0 Å². The third-order valence-corrected chi connectivity index (χ3v) is 3.39. The number of rotatable bonds is 6. The molecule has 0 bridgehead atoms. The second-order valence-electron chi connectivity index (χ2n) is 4.77. The third kappa shape index (κ3) is 3.15. The molecule has 0 spiro atoms. The lowest BCUT2D eigenvalue weighted by Gasteiger charge is -2.09. The zero-order valence-electron chi connectivity index (χ0n) is 10.9. The summed E-state index contributed by atoms with van der Waals surface area (Å²) in [6.07, 6.45) is 7.85. The quantitative estimate of drug-likeness (QED) is 0.693. The number of ether oxygens (including phenoxy) is 2. The molecule has 2 nitrogen and oxygen atoms in total. The van der Waals surface area contributed by atoms with Crippen molar-refractivity contribution < 1.29 is 9.47 Å². The average molecular weight is 234 g/mol. The number of benzene rings is 1. The fraction of sp³-hybridized carbons (Fsp3) is 0.600. The van der Waals surface area contributed by atoms with Crippen LogP contribution < -0.4 is 9.47 Å². The lowest BCUT2D eigenvalue weighted by atomic mass is 10.0. The van der Waals surface area contributed by atoms with E-state index in [1.807, 2.05) is 12.1 Å². The van der Waals surface area contributed by atoms with Gasteiger partial charge in [-0.05, 0) is 31.0 Å². The van der Waals surface area contributed by atoms with Gasteiger partial charge in [-0.15, -0.1) is 0 Å². The van der Waals surface area contributed by atoms with Crippen molar-refractivity contribution in [2.24, 2.45) is 0 Å². The average Bonchev–Trinajstić information content (AvgIpc) is 2.76. The first-order valence-corrected chi connectivity index (χ1v) is 6.67. The molecule has 2 rings (SSSR count). The van der Waals surface area contributed by atoms with Gasteiger partial charge in [0.2, 0.25) is 0 Å². The molecular formula is C15H22O2. The predicted molar refractivity (Wildman–Crippen MR) is 69.9 cm³/mol. The monoisotopic (exact) mass is 234 g/mol. The van der Waals surface area contributed by atoms with E-state index in [9.17, 15) is 0 Å². The van der Waals surface area contributed by atoms with E-state index in [0.717, 1.165) is 17.9 Å². The number of methoxy groups -OCH3 is 1. The topological polar surface area (TPSA) is 18.5 Å². The van der Waals surface area contributed by atoms with Crippen molar-refractivity contribution in [1.82, 2.24) is 0 Å². The van der Waals surface area contributed by atoms with Crippen molar-refractivity contribution in [3.63, 3.8) is 0 Å². The van der Waals surface area contributed by atoms with Gasteiger partial charge in [-0.3, -0.25) is 0 Å². The Morgan fingerprint density at radius 3 is 2.94 bits per heavy atom. The number of hydrogen-bond donors (Lipinski definition) is 0. The van der Waals surface area contributed by atoms with Crippen LogP contribution >= 0.6 is 0 Å². The Kier molecular flexibility index (Phi) is 4.29. The number of unbranched alkanes of at least 4 members (excludes halogenated alkanes) is 3. The molecule has 1 aromatic rings. The first kappa shape index (κ1) is 12.3. The molecule has 0 amide bonds. The van der Waals surface area contributed by atoms with Crippen molar-refractivity contribution >= 4 is 0 Å². The van der Waals surface area contributed by atoms with Crippen molar-refractivity contribution in [3.8, 4) is 11.5 Å². The molecule has 17 heavy (non-hydrogen) atoms. The molecule has 1 unspecified atom stereocenters. The molecule has 0 fully saturated rings. The lowest BCUT2D eigenvalue weighted by Crippen LogP contribution is -2.12. The van der Waals surface area contributed by atoms with Gasteiger partial charge >= 0.3 is 0 Å². The summed E-state index contributed by atoms with van der Waals surface area (Å²) in [5, 5.41) is 0. The Balaban J connectivity index is 1.84. The van der Waals surface area contributed by atoms with Gasteiger partial charge in [-0.25, -0.2) is 0 Å². The minimum atomic E-state index is 0.383. The predicted octanol–water partition coefficient (Wildman–Crippen LogP) is 3.97. The normalized spacial score (nSPS) is 17.6. The highest BCUT2D eigenvalue weighted by Gasteiger charge is 2.22. The van der Waals surface area contributed by atoms with E-state index in [0.29, 0.717) is 6.10 Å².